The average molecular weight is 380 g/mol. The van der Waals surface area contributed by atoms with E-state index in [0.29, 0.717) is 19.6 Å². The summed E-state index contributed by atoms with van der Waals surface area (Å²) in [6.45, 7) is 1.84. The molecule has 2 saturated heterocycles. The Morgan fingerprint density at radius 2 is 2.12 bits per heavy atom. The maximum atomic E-state index is 12.5. The molecule has 8 nitrogen and oxygen atoms in total. The van der Waals surface area contributed by atoms with Gasteiger partial charge in [-0.15, -0.1) is 0 Å². The lowest BCUT2D eigenvalue weighted by molar-refractivity contribution is -0.130. The van der Waals surface area contributed by atoms with Gasteiger partial charge < -0.3 is 9.80 Å². The Morgan fingerprint density at radius 1 is 1.35 bits per heavy atom. The molecule has 3 heterocycles. The molecule has 0 N–H and O–H groups in total. The van der Waals surface area contributed by atoms with Crippen LogP contribution in [-0.4, -0.2) is 85.8 Å². The van der Waals surface area contributed by atoms with Gasteiger partial charge in [0, 0.05) is 38.5 Å². The second-order valence-corrected chi connectivity index (χ2v) is 9.48. The van der Waals surface area contributed by atoms with E-state index < -0.39 is 9.84 Å². The van der Waals surface area contributed by atoms with Crippen molar-refractivity contribution in [3.05, 3.63) is 24.5 Å². The first-order chi connectivity index (χ1) is 12.2. The van der Waals surface area contributed by atoms with E-state index in [4.69, 9.17) is 0 Å². The molecule has 142 valence electrons. The number of carbonyl (C=O) groups excluding carboxylic acids is 2. The summed E-state index contributed by atoms with van der Waals surface area (Å²) in [6, 6.07) is 3.65. The molecule has 2 fully saturated rings. The highest BCUT2D eigenvalue weighted by Crippen LogP contribution is 2.33. The summed E-state index contributed by atoms with van der Waals surface area (Å²) >= 11 is 0. The van der Waals surface area contributed by atoms with Gasteiger partial charge in [-0.3, -0.25) is 19.5 Å². The van der Waals surface area contributed by atoms with Gasteiger partial charge >= 0.3 is 0 Å². The highest BCUT2D eigenvalue weighted by atomic mass is 32.2. The molecule has 1 atom stereocenters. The van der Waals surface area contributed by atoms with Crippen molar-refractivity contribution in [1.29, 1.82) is 0 Å². The van der Waals surface area contributed by atoms with E-state index in [2.05, 4.69) is 4.98 Å². The second-order valence-electron chi connectivity index (χ2n) is 7.22. The lowest BCUT2D eigenvalue weighted by atomic mass is 9.92. The van der Waals surface area contributed by atoms with Crippen LogP contribution in [0.5, 0.6) is 0 Å². The third-order valence-corrected chi connectivity index (χ3v) is 6.21. The Balaban J connectivity index is 1.73. The molecule has 0 bridgehead atoms. The predicted molar refractivity (Wildman–Crippen MR) is 97.5 cm³/mol. The first kappa shape index (κ1) is 18.8. The summed E-state index contributed by atoms with van der Waals surface area (Å²) in [4.78, 5) is 34.4. The van der Waals surface area contributed by atoms with Crippen molar-refractivity contribution in [2.24, 2.45) is 0 Å². The van der Waals surface area contributed by atoms with Crippen LogP contribution >= 0.6 is 0 Å². The lowest BCUT2D eigenvalue weighted by Gasteiger charge is -2.46. The Labute approximate surface area is 153 Å². The summed E-state index contributed by atoms with van der Waals surface area (Å²) in [5, 5.41) is 0. The van der Waals surface area contributed by atoms with Crippen LogP contribution in [0, 0.1) is 0 Å². The molecule has 0 aliphatic carbocycles. The largest absolute Gasteiger partial charge is 0.341 e. The lowest BCUT2D eigenvalue weighted by Crippen LogP contribution is -2.64. The molecule has 2 aliphatic heterocycles. The van der Waals surface area contributed by atoms with Crippen LogP contribution in [0.1, 0.15) is 12.8 Å². The zero-order valence-electron chi connectivity index (χ0n) is 15.1. The zero-order chi connectivity index (χ0) is 18.9. The number of anilines is 1. The normalized spacial score (nSPS) is 24.5. The zero-order valence-corrected chi connectivity index (χ0v) is 15.9. The number of likely N-dealkylation sites (tertiary alicyclic amines) is 1. The predicted octanol–water partition coefficient (Wildman–Crippen LogP) is -0.234. The number of carbonyl (C=O) groups is 2. The second kappa shape index (κ2) is 6.96. The third-order valence-electron chi connectivity index (χ3n) is 5.26. The fourth-order valence-corrected chi connectivity index (χ4v) is 4.19. The molecular formula is C17H24N4O4S. The monoisotopic (exact) mass is 380 g/mol. The first-order valence-electron chi connectivity index (χ1n) is 8.57. The summed E-state index contributed by atoms with van der Waals surface area (Å²) in [5.41, 5.74) is 0.441. The van der Waals surface area contributed by atoms with Gasteiger partial charge in [0.1, 0.15) is 9.84 Å². The van der Waals surface area contributed by atoms with E-state index in [1.807, 2.05) is 18.0 Å². The number of hydrogen-bond donors (Lipinski definition) is 0. The van der Waals surface area contributed by atoms with E-state index in [0.717, 1.165) is 18.4 Å². The molecule has 1 aromatic heterocycles. The van der Waals surface area contributed by atoms with Gasteiger partial charge in [-0.2, -0.15) is 0 Å². The Morgan fingerprint density at radius 3 is 2.77 bits per heavy atom. The number of hydrogen-bond acceptors (Lipinski definition) is 6. The van der Waals surface area contributed by atoms with Gasteiger partial charge in [0.2, 0.25) is 11.8 Å². The number of amides is 2. The van der Waals surface area contributed by atoms with E-state index in [1.54, 1.807) is 28.3 Å². The maximum absolute atomic E-state index is 12.5. The van der Waals surface area contributed by atoms with E-state index in [1.165, 1.54) is 0 Å². The van der Waals surface area contributed by atoms with Gasteiger partial charge in [-0.05, 0) is 25.6 Å². The number of nitrogens with zero attached hydrogens (tertiary/aromatic N) is 4. The highest BCUT2D eigenvalue weighted by Gasteiger charge is 2.48. The average Bonchev–Trinajstić information content (AvgIpc) is 3.02. The number of likely N-dealkylation sites (N-methyl/N-ethyl adjacent to an activating group) is 1. The van der Waals surface area contributed by atoms with E-state index in [9.17, 15) is 18.0 Å². The number of aromatic nitrogens is 1. The Kier molecular flexibility index (Phi) is 5.03. The summed E-state index contributed by atoms with van der Waals surface area (Å²) < 4.78 is 22.6. The first-order valence-corrected chi connectivity index (χ1v) is 10.6. The quantitative estimate of drug-likeness (QED) is 0.716. The van der Waals surface area contributed by atoms with Crippen molar-refractivity contribution < 1.29 is 18.0 Å². The smallest absolute Gasteiger partial charge is 0.241 e. The van der Waals surface area contributed by atoms with Crippen LogP contribution in [0.2, 0.25) is 0 Å². The minimum Gasteiger partial charge on any atom is -0.341 e. The summed E-state index contributed by atoms with van der Waals surface area (Å²) in [7, 11) is -1.26. The molecular weight excluding hydrogens is 356 g/mol. The standard InChI is InChI=1S/C17H24N4O4S/c1-19-11-16(23)21(14-4-3-7-18-10-14)13-17(19)6-8-20(12-17)15(22)5-9-26(2,24)25/h3-4,7,10H,5-6,8-9,11-13H2,1-2H3. The van der Waals surface area contributed by atoms with Crippen molar-refractivity contribution >= 4 is 27.3 Å². The van der Waals surface area contributed by atoms with Crippen molar-refractivity contribution in [2.75, 3.05) is 50.1 Å². The van der Waals surface area contributed by atoms with Crippen LogP contribution in [0.4, 0.5) is 5.69 Å². The molecule has 2 aliphatic rings. The van der Waals surface area contributed by atoms with Crippen LogP contribution in [0.15, 0.2) is 24.5 Å². The number of sulfone groups is 1. The molecule has 0 aromatic carbocycles. The molecule has 3 rings (SSSR count). The van der Waals surface area contributed by atoms with Crippen LogP contribution in [0.25, 0.3) is 0 Å². The number of rotatable bonds is 4. The maximum Gasteiger partial charge on any atom is 0.241 e. The van der Waals surface area contributed by atoms with Crippen molar-refractivity contribution in [2.45, 2.75) is 18.4 Å². The van der Waals surface area contributed by atoms with E-state index >= 15 is 0 Å². The van der Waals surface area contributed by atoms with Gasteiger partial charge in [0.25, 0.3) is 0 Å². The van der Waals surface area contributed by atoms with Crippen LogP contribution in [0.3, 0.4) is 0 Å². The summed E-state index contributed by atoms with van der Waals surface area (Å²) in [6.07, 6.45) is 5.22. The van der Waals surface area contributed by atoms with Gasteiger partial charge in [0.05, 0.1) is 29.7 Å². The number of pyridine rings is 1. The molecule has 26 heavy (non-hydrogen) atoms. The molecule has 9 heteroatoms. The van der Waals surface area contributed by atoms with Crippen LogP contribution in [-0.2, 0) is 19.4 Å². The number of piperazine rings is 1. The van der Waals surface area contributed by atoms with Crippen molar-refractivity contribution in [3.63, 3.8) is 0 Å². The van der Waals surface area contributed by atoms with Crippen molar-refractivity contribution in [1.82, 2.24) is 14.8 Å². The molecule has 1 aromatic rings. The van der Waals surface area contributed by atoms with Gasteiger partial charge in [-0.1, -0.05) is 0 Å². The fourth-order valence-electron chi connectivity index (χ4n) is 3.65. The molecule has 1 spiro atoms. The van der Waals surface area contributed by atoms with Gasteiger partial charge in [0.15, 0.2) is 0 Å². The van der Waals surface area contributed by atoms with Crippen LogP contribution < -0.4 is 4.90 Å². The minimum absolute atomic E-state index is 0.00385. The SMILES string of the molecule is CN1CC(=O)N(c2cccnc2)CC12CCN(C(=O)CCS(C)(=O)=O)C2. The summed E-state index contributed by atoms with van der Waals surface area (Å²) in [5.74, 6) is -0.274. The third kappa shape index (κ3) is 3.88. The topological polar surface area (TPSA) is 90.9 Å². The molecule has 1 unspecified atom stereocenters. The van der Waals surface area contributed by atoms with E-state index in [-0.39, 0.29) is 36.1 Å². The van der Waals surface area contributed by atoms with Gasteiger partial charge in [-0.25, -0.2) is 8.42 Å². The highest BCUT2D eigenvalue weighted by molar-refractivity contribution is 7.90. The minimum atomic E-state index is -3.16. The molecule has 2 amide bonds. The molecule has 0 saturated carbocycles. The fraction of sp³-hybridized carbons (Fsp3) is 0.588. The Hall–Kier alpha value is -2.00. The molecule has 0 radical (unpaired) electrons. The Bertz CT molecular complexity index is 798. The van der Waals surface area contributed by atoms with Crippen molar-refractivity contribution in [3.8, 4) is 0 Å².